The first-order valence-electron chi connectivity index (χ1n) is 15.5. The zero-order chi connectivity index (χ0) is 28.4. The number of aliphatic hydroxyl groups excluding tert-OH is 1. The van der Waals surface area contributed by atoms with Gasteiger partial charge in [-0.15, -0.1) is 0 Å². The Morgan fingerprint density at radius 2 is 1.79 bits per heavy atom. The lowest BCUT2D eigenvalue weighted by Gasteiger charge is -2.60. The fourth-order valence-corrected chi connectivity index (χ4v) is 9.13. The number of fused-ring (bicyclic) bond motifs is 5. The number of aliphatic hydroxyl groups is 1. The molecule has 0 radical (unpaired) electrons. The van der Waals surface area contributed by atoms with Gasteiger partial charge in [-0.25, -0.2) is 4.79 Å². The van der Waals surface area contributed by atoms with Crippen LogP contribution >= 0.6 is 0 Å². The minimum atomic E-state index is -0.488. The fourth-order valence-electron chi connectivity index (χ4n) is 9.13. The molecule has 0 saturated heterocycles. The number of likely N-dealkylation sites (N-methyl/N-ethyl adjacent to an activating group) is 1. The van der Waals surface area contributed by atoms with E-state index in [0.717, 1.165) is 60.8 Å². The van der Waals surface area contributed by atoms with Crippen LogP contribution in [0.25, 0.3) is 0 Å². The van der Waals surface area contributed by atoms with E-state index in [2.05, 4.69) is 45.5 Å². The summed E-state index contributed by atoms with van der Waals surface area (Å²) in [5, 5.41) is 17.3. The number of ketones is 1. The van der Waals surface area contributed by atoms with Crippen LogP contribution in [-0.4, -0.2) is 92.6 Å². The van der Waals surface area contributed by atoms with E-state index in [0.29, 0.717) is 42.0 Å². The summed E-state index contributed by atoms with van der Waals surface area (Å²) in [5.74, 6) is 3.55. The van der Waals surface area contributed by atoms with Crippen LogP contribution in [-0.2, 0) is 9.63 Å². The number of nitrogens with zero attached hydrogens (tertiary/aromatic N) is 3. The number of rotatable bonds is 10. The molecule has 4 saturated carbocycles. The molecule has 0 aromatic carbocycles. The van der Waals surface area contributed by atoms with Gasteiger partial charge in [-0.3, -0.25) is 9.63 Å². The maximum atomic E-state index is 12.8. The molecule has 0 aromatic rings. The van der Waals surface area contributed by atoms with Crippen molar-refractivity contribution in [3.8, 4) is 0 Å². The van der Waals surface area contributed by atoms with Crippen molar-refractivity contribution in [2.75, 3.05) is 60.5 Å². The van der Waals surface area contributed by atoms with Crippen molar-refractivity contribution >= 4 is 17.6 Å². The van der Waals surface area contributed by atoms with Crippen LogP contribution in [0.1, 0.15) is 78.6 Å². The highest BCUT2D eigenvalue weighted by atomic mass is 16.7. The Labute approximate surface area is 236 Å². The smallest absolute Gasteiger partial charge is 0.395 e. The second-order valence-corrected chi connectivity index (χ2v) is 14.6. The Morgan fingerprint density at radius 1 is 1.05 bits per heavy atom. The molecule has 4 fully saturated rings. The highest BCUT2D eigenvalue weighted by molar-refractivity contribution is 5.85. The van der Waals surface area contributed by atoms with Gasteiger partial charge in [0, 0.05) is 44.9 Å². The Balaban J connectivity index is 1.34. The van der Waals surface area contributed by atoms with E-state index >= 15 is 0 Å². The normalized spacial score (nSPS) is 36.6. The zero-order valence-electron chi connectivity index (χ0n) is 25.5. The summed E-state index contributed by atoms with van der Waals surface area (Å²) in [4.78, 5) is 32.1. The van der Waals surface area contributed by atoms with Gasteiger partial charge in [-0.05, 0) is 86.4 Å². The number of hydrogen-bond acceptors (Lipinski definition) is 6. The third kappa shape index (κ3) is 6.54. The van der Waals surface area contributed by atoms with E-state index in [-0.39, 0.29) is 18.6 Å². The average Bonchev–Trinajstić information content (AvgIpc) is 3.23. The van der Waals surface area contributed by atoms with Crippen LogP contribution in [0.2, 0.25) is 0 Å². The predicted octanol–water partition coefficient (Wildman–Crippen LogP) is 4.32. The summed E-state index contributed by atoms with van der Waals surface area (Å²) in [5.41, 5.74) is 1.45. The van der Waals surface area contributed by atoms with E-state index in [1.54, 1.807) is 0 Å². The van der Waals surface area contributed by atoms with Crippen LogP contribution in [0.5, 0.6) is 0 Å². The topological polar surface area (TPSA) is 91.2 Å². The number of hydrogen-bond donors (Lipinski definition) is 2. The van der Waals surface area contributed by atoms with Gasteiger partial charge in [0.25, 0.3) is 0 Å². The Bertz CT molecular complexity index is 917. The molecule has 8 nitrogen and oxygen atoms in total. The maximum absolute atomic E-state index is 12.8. The van der Waals surface area contributed by atoms with Crippen LogP contribution in [0.4, 0.5) is 4.79 Å². The first kappa shape index (κ1) is 30.4. The van der Waals surface area contributed by atoms with Gasteiger partial charge in [0.2, 0.25) is 0 Å². The summed E-state index contributed by atoms with van der Waals surface area (Å²) in [6.07, 6.45) is 9.40. The SMILES string of the molecule is C/C(=N\OC(=O)N(CCO)CCNCC[N+](C)(C)C)[C@H]1CC[C@H]2[C@@H]3CC[C@@H]4CC(=O)CC[C@]4(C)[C@H]3CC[C@]12C. The lowest BCUT2D eigenvalue weighted by Crippen LogP contribution is -2.53. The zero-order valence-corrected chi connectivity index (χ0v) is 25.5. The van der Waals surface area contributed by atoms with Gasteiger partial charge in [0.05, 0.1) is 40.0 Å². The first-order chi connectivity index (χ1) is 18.4. The quantitative estimate of drug-likeness (QED) is 0.140. The van der Waals surface area contributed by atoms with Gasteiger partial charge >= 0.3 is 6.09 Å². The number of nitrogens with one attached hydrogen (secondary N) is 1. The summed E-state index contributed by atoms with van der Waals surface area (Å²) in [7, 11) is 6.46. The first-order valence-corrected chi connectivity index (χ1v) is 15.5. The second kappa shape index (κ2) is 12.2. The van der Waals surface area contributed by atoms with Gasteiger partial charge in [0.15, 0.2) is 0 Å². The summed E-state index contributed by atoms with van der Waals surface area (Å²) in [6.45, 7) is 10.1. The lowest BCUT2D eigenvalue weighted by molar-refractivity contribution is -0.869. The van der Waals surface area contributed by atoms with E-state index in [4.69, 9.17) is 4.84 Å². The Morgan fingerprint density at radius 3 is 2.51 bits per heavy atom. The summed E-state index contributed by atoms with van der Waals surface area (Å²) >= 11 is 0. The average molecular weight is 548 g/mol. The molecule has 7 atom stereocenters. The van der Waals surface area contributed by atoms with E-state index in [1.807, 2.05) is 6.92 Å². The van der Waals surface area contributed by atoms with Crippen LogP contribution in [0.3, 0.4) is 0 Å². The lowest BCUT2D eigenvalue weighted by atomic mass is 9.44. The molecule has 222 valence electrons. The van der Waals surface area contributed by atoms with Gasteiger partial charge in [-0.2, -0.15) is 0 Å². The number of quaternary nitrogens is 1. The molecule has 1 amide bonds. The number of oxime groups is 1. The molecular weight excluding hydrogens is 492 g/mol. The molecule has 2 N–H and O–H groups in total. The fraction of sp³-hybridized carbons (Fsp3) is 0.903. The van der Waals surface area contributed by atoms with Crippen molar-refractivity contribution in [3.63, 3.8) is 0 Å². The van der Waals surface area contributed by atoms with Crippen molar-refractivity contribution in [2.45, 2.75) is 78.6 Å². The minimum Gasteiger partial charge on any atom is -0.395 e. The van der Waals surface area contributed by atoms with Crippen molar-refractivity contribution in [1.82, 2.24) is 10.2 Å². The molecule has 39 heavy (non-hydrogen) atoms. The number of carbonyl (C=O) groups is 2. The van der Waals surface area contributed by atoms with Gasteiger partial charge in [-0.1, -0.05) is 19.0 Å². The van der Waals surface area contributed by atoms with Gasteiger partial charge in [0.1, 0.15) is 5.78 Å². The molecule has 0 unspecified atom stereocenters. The predicted molar refractivity (Wildman–Crippen MR) is 154 cm³/mol. The number of carbonyl (C=O) groups excluding carboxylic acids is 2. The molecule has 8 heteroatoms. The van der Waals surface area contributed by atoms with E-state index in [1.165, 1.54) is 37.0 Å². The van der Waals surface area contributed by atoms with E-state index in [9.17, 15) is 14.7 Å². The van der Waals surface area contributed by atoms with Crippen molar-refractivity contribution in [2.24, 2.45) is 45.6 Å². The van der Waals surface area contributed by atoms with Crippen molar-refractivity contribution in [1.29, 1.82) is 0 Å². The summed E-state index contributed by atoms with van der Waals surface area (Å²) < 4.78 is 0.882. The Kier molecular flexibility index (Phi) is 9.49. The molecule has 4 rings (SSSR count). The number of amides is 1. The van der Waals surface area contributed by atoms with Crippen molar-refractivity contribution in [3.05, 3.63) is 0 Å². The molecule has 0 aromatic heterocycles. The highest BCUT2D eigenvalue weighted by Gasteiger charge is 2.60. The Hall–Kier alpha value is -1.51. The number of Topliss-reactive ketones (excluding diaryl/α,β-unsaturated/α-hetero) is 1. The molecule has 4 aliphatic carbocycles. The largest absolute Gasteiger partial charge is 0.436 e. The van der Waals surface area contributed by atoms with Crippen LogP contribution < -0.4 is 5.32 Å². The molecule has 4 aliphatic rings. The van der Waals surface area contributed by atoms with E-state index < -0.39 is 6.09 Å². The molecule has 0 bridgehead atoms. The standard InChI is InChI=1S/C31H55N4O4/c1-22(33-39-29(38)34(18-20-36)17-15-32-16-19-35(4,5)6)26-9-10-27-25-8-7-23-21-24(37)11-13-30(23,2)28(25)12-14-31(26,27)3/h23,25-28,32,36H,7-21H2,1-6H3/q+1/b33-22+/t23-,25+,26-,27+,28+,30+,31-/m1/s1. The maximum Gasteiger partial charge on any atom is 0.436 e. The van der Waals surface area contributed by atoms with Crippen LogP contribution in [0, 0.1) is 40.4 Å². The molecule has 0 spiro atoms. The highest BCUT2D eigenvalue weighted by Crippen LogP contribution is 2.67. The third-order valence-corrected chi connectivity index (χ3v) is 11.4. The molecule has 0 heterocycles. The molecule has 0 aliphatic heterocycles. The second-order valence-electron chi connectivity index (χ2n) is 14.6. The van der Waals surface area contributed by atoms with Crippen LogP contribution in [0.15, 0.2) is 5.16 Å². The third-order valence-electron chi connectivity index (χ3n) is 11.4. The minimum absolute atomic E-state index is 0.102. The summed E-state index contributed by atoms with van der Waals surface area (Å²) in [6, 6.07) is 0. The molecular formula is C31H55N4O4+. The van der Waals surface area contributed by atoms with Gasteiger partial charge < -0.3 is 19.8 Å². The van der Waals surface area contributed by atoms with Crippen molar-refractivity contribution < 1.29 is 24.0 Å². The monoisotopic (exact) mass is 547 g/mol.